The molecule has 1 aliphatic carbocycles. The number of piperidine rings is 6. The molecule has 4 bridgehead atoms. The van der Waals surface area contributed by atoms with E-state index >= 15 is 0 Å². The molecule has 2 aromatic heterocycles. The molecule has 2 unspecified atom stereocenters. The Labute approximate surface area is 527 Å². The summed E-state index contributed by atoms with van der Waals surface area (Å²) in [5.41, 5.74) is 3.69. The van der Waals surface area contributed by atoms with E-state index in [4.69, 9.17) is 28.9 Å². The number of alkyl carbamates (subject to hydrolysis) is 2. The molecule has 12 nitrogen and oxygen atoms in total. The maximum absolute atomic E-state index is 14.3. The van der Waals surface area contributed by atoms with Crippen molar-refractivity contribution in [1.82, 2.24) is 30.4 Å². The van der Waals surface area contributed by atoms with Crippen LogP contribution in [-0.2, 0) is 9.47 Å². The fourth-order valence-corrected chi connectivity index (χ4v) is 17.6. The Morgan fingerprint density at radius 1 is 0.512 bits per heavy atom. The average molecular weight is 1220 g/mol. The smallest absolute Gasteiger partial charge is 0.408 e. The molecule has 11 rings (SSSR count). The molecule has 14 heteroatoms. The van der Waals surface area contributed by atoms with Gasteiger partial charge in [0.15, 0.2) is 0 Å². The van der Waals surface area contributed by atoms with E-state index in [1.807, 2.05) is 60.9 Å². The van der Waals surface area contributed by atoms with Crippen molar-refractivity contribution >= 4 is 57.5 Å². The second-order valence-electron chi connectivity index (χ2n) is 26.4. The predicted molar refractivity (Wildman–Crippen MR) is 358 cm³/mol. The molecule has 476 valence electrons. The number of aromatic nitrogens is 2. The lowest BCUT2D eigenvalue weighted by molar-refractivity contribution is -0.0612. The van der Waals surface area contributed by atoms with Crippen LogP contribution in [0.3, 0.4) is 0 Å². The third-order valence-electron chi connectivity index (χ3n) is 20.5. The van der Waals surface area contributed by atoms with Gasteiger partial charge >= 0.3 is 12.2 Å². The van der Waals surface area contributed by atoms with Crippen molar-refractivity contribution in [3.05, 3.63) is 72.1 Å². The number of hydrogen-bond acceptors (Lipinski definition) is 12. The molecule has 7 aliphatic rings. The number of methoxy groups -OCH3 is 2. The van der Waals surface area contributed by atoms with E-state index in [-0.39, 0.29) is 36.4 Å². The van der Waals surface area contributed by atoms with Gasteiger partial charge in [0, 0.05) is 59.5 Å². The van der Waals surface area contributed by atoms with E-state index in [2.05, 4.69) is 57.8 Å². The van der Waals surface area contributed by atoms with Gasteiger partial charge in [0.05, 0.1) is 37.3 Å². The van der Waals surface area contributed by atoms with E-state index in [9.17, 15) is 9.59 Å². The number of nitrogens with one attached hydrogen (secondary N) is 2. The number of fused-ring (bicyclic) bond motifs is 8. The van der Waals surface area contributed by atoms with Crippen molar-refractivity contribution in [2.24, 2.45) is 23.7 Å². The normalized spacial score (nSPS) is 25.0. The molecule has 0 spiro atoms. The molecule has 86 heavy (non-hydrogen) atoms. The number of ether oxygens (including phenoxy) is 4. The highest BCUT2D eigenvalue weighted by Crippen LogP contribution is 2.47. The maximum atomic E-state index is 14.3. The Hall–Kier alpha value is -3.98. The van der Waals surface area contributed by atoms with Crippen molar-refractivity contribution in [3.63, 3.8) is 0 Å². The zero-order chi connectivity index (χ0) is 59.7. The Balaban J connectivity index is 0.760. The number of benzene rings is 2. The lowest BCUT2D eigenvalue weighted by atomic mass is 9.72. The van der Waals surface area contributed by atoms with Gasteiger partial charge in [0.2, 0.25) is 0 Å². The molecule has 7 fully saturated rings. The van der Waals surface area contributed by atoms with Gasteiger partial charge in [-0.15, -0.1) is 0 Å². The number of carbonyl (C=O) groups excluding carboxylic acids is 2. The summed E-state index contributed by atoms with van der Waals surface area (Å²) in [5, 5.41) is 8.54. The predicted octanol–water partition coefficient (Wildman–Crippen LogP) is 17.9. The van der Waals surface area contributed by atoms with Crippen LogP contribution in [0.1, 0.15) is 230 Å². The Bertz CT molecular complexity index is 2460. The minimum atomic E-state index is -0.467. The standard InChI is InChI=1S/C72H110N6O6S2/c1-5-7-9-11-13-15-17-19-21-23-43-85-45-37-55-51-77-41-35-53(55)47-67(77)69(61-33-39-73-65-31-29-59(81-3)49-63(61)65)83-71(79)75-57-25-27-58(28-26-57)76-72(80)84-70(62-34-40-74-66-32-30-60(82-4)50-64(62)66)68-48-54-36-42-78(68)52-56(54)38-46-86-44-24-22-20-18-16-14-12-10-8-6-2/h29-34,39-40,49-50,53-58,67-70H,5-28,35-38,41-48,51-52H2,1-4H3,(H,75,79)(H,76,80)/t53-,54-,55-,56-,57?,58?,67+,68+,69-,70-/m0/s1. The van der Waals surface area contributed by atoms with Crippen LogP contribution in [0.2, 0.25) is 0 Å². The van der Waals surface area contributed by atoms with Crippen molar-refractivity contribution in [2.75, 3.05) is 63.4 Å². The summed E-state index contributed by atoms with van der Waals surface area (Å²) < 4.78 is 24.9. The van der Waals surface area contributed by atoms with Gasteiger partial charge in [-0.25, -0.2) is 9.59 Å². The van der Waals surface area contributed by atoms with Gasteiger partial charge in [0.1, 0.15) is 23.7 Å². The zero-order valence-electron chi connectivity index (χ0n) is 53.5. The molecule has 8 heterocycles. The van der Waals surface area contributed by atoms with Crippen LogP contribution in [0, 0.1) is 23.7 Å². The average Bonchev–Trinajstić information content (AvgIpc) is 1.23. The third kappa shape index (κ3) is 19.5. The van der Waals surface area contributed by atoms with Crippen LogP contribution in [0.15, 0.2) is 60.9 Å². The Kier molecular flexibility index (Phi) is 27.8. The topological polar surface area (TPSA) is 127 Å². The maximum Gasteiger partial charge on any atom is 0.408 e. The van der Waals surface area contributed by atoms with Crippen molar-refractivity contribution in [1.29, 1.82) is 0 Å². The molecule has 2 N–H and O–H groups in total. The van der Waals surface area contributed by atoms with Gasteiger partial charge in [-0.2, -0.15) is 23.5 Å². The number of unbranched alkanes of at least 4 members (excludes halogenated alkanes) is 18. The molecule has 1 saturated carbocycles. The number of nitrogens with zero attached hydrogens (tertiary/aromatic N) is 4. The molecule has 2 amide bonds. The Morgan fingerprint density at radius 3 is 1.26 bits per heavy atom. The van der Waals surface area contributed by atoms with Crippen LogP contribution in [0.5, 0.6) is 11.5 Å². The van der Waals surface area contributed by atoms with Crippen LogP contribution < -0.4 is 20.1 Å². The van der Waals surface area contributed by atoms with Gasteiger partial charge in [-0.3, -0.25) is 19.8 Å². The van der Waals surface area contributed by atoms with Crippen molar-refractivity contribution in [3.8, 4) is 11.5 Å². The monoisotopic (exact) mass is 1220 g/mol. The lowest BCUT2D eigenvalue weighted by Crippen LogP contribution is -2.56. The number of pyridine rings is 2. The summed E-state index contributed by atoms with van der Waals surface area (Å²) >= 11 is 4.31. The van der Waals surface area contributed by atoms with E-state index in [0.29, 0.717) is 23.7 Å². The van der Waals surface area contributed by atoms with Crippen molar-refractivity contribution < 1.29 is 28.5 Å². The highest BCUT2D eigenvalue weighted by molar-refractivity contribution is 7.99. The fraction of sp³-hybridized carbons (Fsp3) is 0.722. The second kappa shape index (κ2) is 36.0. The van der Waals surface area contributed by atoms with E-state index in [0.717, 1.165) is 109 Å². The third-order valence-corrected chi connectivity index (χ3v) is 22.7. The fourth-order valence-electron chi connectivity index (χ4n) is 15.5. The van der Waals surface area contributed by atoms with Gasteiger partial charge < -0.3 is 29.6 Å². The van der Waals surface area contributed by atoms with E-state index < -0.39 is 12.2 Å². The van der Waals surface area contributed by atoms with Crippen molar-refractivity contribution in [2.45, 2.75) is 243 Å². The number of thioether (sulfide) groups is 2. The minimum Gasteiger partial charge on any atom is -0.497 e. The quantitative estimate of drug-likeness (QED) is 0.0415. The van der Waals surface area contributed by atoms with Gasteiger partial charge in [-0.05, 0) is 185 Å². The number of hydrogen-bond donors (Lipinski definition) is 2. The first-order chi connectivity index (χ1) is 42.3. The summed E-state index contributed by atoms with van der Waals surface area (Å²) in [6, 6.07) is 16.1. The van der Waals surface area contributed by atoms with E-state index in [1.54, 1.807) is 14.2 Å². The molecule has 2 aromatic carbocycles. The molecular weight excluding hydrogens is 1110 g/mol. The molecule has 10 atom stereocenters. The van der Waals surface area contributed by atoms with Crippen LogP contribution in [-0.4, -0.2) is 120 Å². The molecule has 4 aromatic rings. The summed E-state index contributed by atoms with van der Waals surface area (Å²) in [5.74, 6) is 9.09. The highest BCUT2D eigenvalue weighted by Gasteiger charge is 2.47. The second-order valence-corrected chi connectivity index (χ2v) is 28.9. The first-order valence-corrected chi connectivity index (χ1v) is 37.1. The molecule has 0 radical (unpaired) electrons. The first kappa shape index (κ1) is 66.4. The molecular formula is C72H110N6O6S2. The van der Waals surface area contributed by atoms with Gasteiger partial charge in [-0.1, -0.05) is 129 Å². The van der Waals surface area contributed by atoms with E-state index in [1.165, 1.54) is 177 Å². The van der Waals surface area contributed by atoms with Crippen LogP contribution in [0.4, 0.5) is 9.59 Å². The molecule has 6 aliphatic heterocycles. The van der Waals surface area contributed by atoms with Crippen LogP contribution in [0.25, 0.3) is 21.8 Å². The number of rotatable bonds is 38. The lowest BCUT2D eigenvalue weighted by Gasteiger charge is -2.52. The largest absolute Gasteiger partial charge is 0.497 e. The summed E-state index contributed by atoms with van der Waals surface area (Å²) in [7, 11) is 3.39. The van der Waals surface area contributed by atoms with Gasteiger partial charge in [0.25, 0.3) is 0 Å². The number of amides is 2. The SMILES string of the molecule is CCCCCCCCCCCCSCC[C@H]1CN2CC[C@H]1C[C@@H]2[C@@H](OC(=O)NC1CCC(NC(=O)O[C@@H](c2ccnc3ccc(OC)cc23)[C@H]2C[C@@H]3CCN2C[C@@H]3CCSCCCCCCCCCCCC)CC1)c1ccnc2ccc(OC)cc12. The summed E-state index contributed by atoms with van der Waals surface area (Å²) in [4.78, 5) is 43.4. The summed E-state index contributed by atoms with van der Waals surface area (Å²) in [6.45, 7) is 8.74. The zero-order valence-corrected chi connectivity index (χ0v) is 55.1. The number of carbonyl (C=O) groups is 2. The molecule has 6 saturated heterocycles. The summed E-state index contributed by atoms with van der Waals surface area (Å²) in [6.07, 6.45) is 39.5. The first-order valence-electron chi connectivity index (χ1n) is 34.8. The minimum absolute atomic E-state index is 0.0700. The Morgan fingerprint density at radius 2 is 0.895 bits per heavy atom. The highest BCUT2D eigenvalue weighted by atomic mass is 32.2. The van der Waals surface area contributed by atoms with Crippen LogP contribution >= 0.6 is 23.5 Å².